The maximum atomic E-state index is 13.5. The second-order valence-electron chi connectivity index (χ2n) is 11.1. The van der Waals surface area contributed by atoms with Crippen LogP contribution in [0.3, 0.4) is 0 Å². The van der Waals surface area contributed by atoms with Gasteiger partial charge in [0.1, 0.15) is 23.5 Å². The lowest BCUT2D eigenvalue weighted by atomic mass is 9.86. The summed E-state index contributed by atoms with van der Waals surface area (Å²) in [5, 5.41) is 7.11. The number of hydrogen-bond donors (Lipinski definition) is 1. The average molecular weight is 466 g/mol. The van der Waals surface area contributed by atoms with Crippen LogP contribution in [0.1, 0.15) is 86.8 Å². The fourth-order valence-electron chi connectivity index (χ4n) is 4.27. The van der Waals surface area contributed by atoms with Crippen molar-refractivity contribution in [3.05, 3.63) is 18.0 Å². The third-order valence-electron chi connectivity index (χ3n) is 5.19. The molecule has 1 aliphatic rings. The van der Waals surface area contributed by atoms with Gasteiger partial charge >= 0.3 is 12.1 Å². The Hall–Kier alpha value is -2.58. The van der Waals surface area contributed by atoms with Crippen molar-refractivity contribution >= 4 is 18.0 Å². The second kappa shape index (κ2) is 10.1. The van der Waals surface area contributed by atoms with Gasteiger partial charge in [-0.05, 0) is 60.3 Å². The first-order chi connectivity index (χ1) is 15.1. The van der Waals surface area contributed by atoms with Crippen LogP contribution in [0, 0.1) is 5.92 Å². The molecule has 9 nitrogen and oxygen atoms in total. The Bertz CT molecular complexity index is 822. The van der Waals surface area contributed by atoms with Gasteiger partial charge in [-0.3, -0.25) is 9.69 Å². The minimum Gasteiger partial charge on any atom is -0.458 e. The van der Waals surface area contributed by atoms with Gasteiger partial charge in [-0.2, -0.15) is 0 Å². The van der Waals surface area contributed by atoms with Crippen LogP contribution < -0.4 is 5.32 Å². The summed E-state index contributed by atoms with van der Waals surface area (Å²) in [5.74, 6) is -0.870. The first-order valence-electron chi connectivity index (χ1n) is 11.5. The predicted octanol–water partition coefficient (Wildman–Crippen LogP) is 4.03. The molecule has 0 unspecified atom stereocenters. The summed E-state index contributed by atoms with van der Waals surface area (Å²) in [5.41, 5.74) is -0.889. The van der Waals surface area contributed by atoms with E-state index in [9.17, 15) is 14.4 Å². The molecule has 0 bridgehead atoms. The molecule has 1 saturated heterocycles. The lowest BCUT2D eigenvalue weighted by Gasteiger charge is -2.38. The molecule has 2 rings (SSSR count). The highest BCUT2D eigenvalue weighted by Crippen LogP contribution is 2.41. The zero-order valence-electron chi connectivity index (χ0n) is 21.3. The molecule has 1 N–H and O–H groups in total. The monoisotopic (exact) mass is 465 g/mol. The number of nitrogens with zero attached hydrogens (tertiary/aromatic N) is 2. The molecule has 2 heterocycles. The van der Waals surface area contributed by atoms with Crippen molar-refractivity contribution in [2.24, 2.45) is 5.92 Å². The van der Waals surface area contributed by atoms with Crippen LogP contribution in [0.2, 0.25) is 0 Å². The molecule has 0 radical (unpaired) electrons. The van der Waals surface area contributed by atoms with Gasteiger partial charge < -0.3 is 19.3 Å². The normalized spacial score (nSPS) is 22.2. The molecule has 1 aromatic rings. The standard InChI is InChI=1S/C24H39N3O6/c1-14(2)12-18(25-15(3)28)20-16(17-10-11-31-26-17)13-19(21(29)32-23(4,5)6)27(20)22(30)33-24(7,8)9/h10-11,14,16,18-20H,12-13H2,1-9H3,(H,25,28)/t16-,18-,19+,20+/m0/s1. The number of carbonyl (C=O) groups excluding carboxylic acids is 3. The Morgan fingerprint density at radius 1 is 1.15 bits per heavy atom. The number of likely N-dealkylation sites (tertiary alicyclic amines) is 1. The quantitative estimate of drug-likeness (QED) is 0.631. The molecule has 186 valence electrons. The highest BCUT2D eigenvalue weighted by molar-refractivity contribution is 5.83. The van der Waals surface area contributed by atoms with E-state index in [2.05, 4.69) is 10.5 Å². The Balaban J connectivity index is 2.60. The Labute approximate surface area is 196 Å². The van der Waals surface area contributed by atoms with Crippen LogP contribution in [0.5, 0.6) is 0 Å². The van der Waals surface area contributed by atoms with E-state index in [-0.39, 0.29) is 24.2 Å². The maximum absolute atomic E-state index is 13.5. The van der Waals surface area contributed by atoms with Gasteiger partial charge in [-0.15, -0.1) is 0 Å². The molecule has 4 atom stereocenters. The van der Waals surface area contributed by atoms with E-state index in [1.165, 1.54) is 18.1 Å². The van der Waals surface area contributed by atoms with Gasteiger partial charge in [0.05, 0.1) is 17.8 Å². The molecule has 0 saturated carbocycles. The van der Waals surface area contributed by atoms with Crippen molar-refractivity contribution in [2.45, 2.75) is 110 Å². The molecule has 1 fully saturated rings. The Morgan fingerprint density at radius 3 is 2.21 bits per heavy atom. The van der Waals surface area contributed by atoms with Crippen molar-refractivity contribution in [1.29, 1.82) is 0 Å². The molecule has 0 aliphatic carbocycles. The van der Waals surface area contributed by atoms with E-state index in [1.807, 2.05) is 13.8 Å². The van der Waals surface area contributed by atoms with E-state index in [4.69, 9.17) is 14.0 Å². The SMILES string of the molecule is CC(=O)N[C@@H](CC(C)C)[C@H]1[C@H](c2ccon2)C[C@H](C(=O)OC(C)(C)C)N1C(=O)OC(C)(C)C. The van der Waals surface area contributed by atoms with Crippen molar-refractivity contribution in [2.75, 3.05) is 0 Å². The van der Waals surface area contributed by atoms with Crippen LogP contribution in [-0.2, 0) is 19.1 Å². The fourth-order valence-corrected chi connectivity index (χ4v) is 4.27. The van der Waals surface area contributed by atoms with Gasteiger partial charge in [0.2, 0.25) is 5.91 Å². The summed E-state index contributed by atoms with van der Waals surface area (Å²) in [6.45, 7) is 16.2. The molecular formula is C24H39N3O6. The van der Waals surface area contributed by atoms with Gasteiger partial charge in [-0.25, -0.2) is 9.59 Å². The average Bonchev–Trinajstić information content (AvgIpc) is 3.24. The first kappa shape index (κ1) is 26.7. The number of ether oxygens (including phenoxy) is 2. The third kappa shape index (κ3) is 7.47. The highest BCUT2D eigenvalue weighted by Gasteiger charge is 2.53. The molecule has 1 aliphatic heterocycles. The summed E-state index contributed by atoms with van der Waals surface area (Å²) in [7, 11) is 0. The summed E-state index contributed by atoms with van der Waals surface area (Å²) >= 11 is 0. The largest absolute Gasteiger partial charge is 0.458 e. The van der Waals surface area contributed by atoms with Crippen LogP contribution in [-0.4, -0.2) is 57.4 Å². The molecule has 33 heavy (non-hydrogen) atoms. The number of carbonyl (C=O) groups is 3. The first-order valence-corrected chi connectivity index (χ1v) is 11.5. The number of aromatic nitrogens is 1. The minimum atomic E-state index is -0.894. The third-order valence-corrected chi connectivity index (χ3v) is 5.19. The van der Waals surface area contributed by atoms with Gasteiger partial charge in [0, 0.05) is 18.9 Å². The molecule has 2 amide bonds. The lowest BCUT2D eigenvalue weighted by molar-refractivity contribution is -0.160. The van der Waals surface area contributed by atoms with Crippen LogP contribution in [0.4, 0.5) is 4.79 Å². The minimum absolute atomic E-state index is 0.218. The van der Waals surface area contributed by atoms with Gasteiger partial charge in [0.15, 0.2) is 0 Å². The van der Waals surface area contributed by atoms with Crippen LogP contribution in [0.15, 0.2) is 16.9 Å². The number of rotatable bonds is 6. The highest BCUT2D eigenvalue weighted by atomic mass is 16.6. The topological polar surface area (TPSA) is 111 Å². The van der Waals surface area contributed by atoms with Crippen LogP contribution >= 0.6 is 0 Å². The fraction of sp³-hybridized carbons (Fsp3) is 0.750. The molecule has 0 aromatic carbocycles. The summed E-state index contributed by atoms with van der Waals surface area (Å²) in [6, 6.07) is -0.171. The Kier molecular flexibility index (Phi) is 8.19. The second-order valence-corrected chi connectivity index (χ2v) is 11.1. The number of hydrogen-bond acceptors (Lipinski definition) is 7. The Morgan fingerprint density at radius 2 is 1.76 bits per heavy atom. The van der Waals surface area contributed by atoms with Crippen molar-refractivity contribution in [1.82, 2.24) is 15.4 Å². The van der Waals surface area contributed by atoms with Gasteiger partial charge in [0.25, 0.3) is 0 Å². The molecule has 0 spiro atoms. The summed E-state index contributed by atoms with van der Waals surface area (Å²) in [6.07, 6.45) is 1.70. The molecular weight excluding hydrogens is 426 g/mol. The van der Waals surface area contributed by atoms with E-state index >= 15 is 0 Å². The van der Waals surface area contributed by atoms with Crippen LogP contribution in [0.25, 0.3) is 0 Å². The number of esters is 1. The van der Waals surface area contributed by atoms with E-state index in [1.54, 1.807) is 47.6 Å². The number of nitrogens with one attached hydrogen (secondary N) is 1. The smallest absolute Gasteiger partial charge is 0.411 e. The lowest BCUT2D eigenvalue weighted by Crippen LogP contribution is -2.56. The summed E-state index contributed by atoms with van der Waals surface area (Å²) < 4.78 is 16.5. The number of amides is 2. The van der Waals surface area contributed by atoms with Crippen molar-refractivity contribution < 1.29 is 28.4 Å². The summed E-state index contributed by atoms with van der Waals surface area (Å²) in [4.78, 5) is 40.3. The van der Waals surface area contributed by atoms with Gasteiger partial charge in [-0.1, -0.05) is 19.0 Å². The van der Waals surface area contributed by atoms with Crippen molar-refractivity contribution in [3.8, 4) is 0 Å². The predicted molar refractivity (Wildman–Crippen MR) is 122 cm³/mol. The van der Waals surface area contributed by atoms with E-state index in [0.29, 0.717) is 12.1 Å². The maximum Gasteiger partial charge on any atom is 0.411 e. The van der Waals surface area contributed by atoms with E-state index in [0.717, 1.165) is 0 Å². The molecule has 1 aromatic heterocycles. The zero-order valence-corrected chi connectivity index (χ0v) is 21.3. The van der Waals surface area contributed by atoms with E-state index < -0.39 is 41.4 Å². The van der Waals surface area contributed by atoms with Crippen molar-refractivity contribution in [3.63, 3.8) is 0 Å². The zero-order chi connectivity index (χ0) is 25.1. The molecule has 9 heteroatoms.